The Hall–Kier alpha value is -2.94. The summed E-state index contributed by atoms with van der Waals surface area (Å²) in [6, 6.07) is 3.64. The maximum atomic E-state index is 12.3. The molecule has 116 valence electrons. The van der Waals surface area contributed by atoms with Gasteiger partial charge in [0.25, 0.3) is 0 Å². The quantitative estimate of drug-likeness (QED) is 0.755. The average Bonchev–Trinajstić information content (AvgIpc) is 2.78. The molecule has 0 N–H and O–H groups in total. The second-order valence-corrected chi connectivity index (χ2v) is 6.02. The van der Waals surface area contributed by atoms with Crippen LogP contribution in [0.25, 0.3) is 0 Å². The van der Waals surface area contributed by atoms with E-state index in [1.54, 1.807) is 28.4 Å². The van der Waals surface area contributed by atoms with Gasteiger partial charge >= 0.3 is 6.03 Å². The molecule has 1 saturated heterocycles. The van der Waals surface area contributed by atoms with Crippen LogP contribution in [0.15, 0.2) is 37.1 Å². The third-order valence-electron chi connectivity index (χ3n) is 3.91. The zero-order valence-corrected chi connectivity index (χ0v) is 13.3. The largest absolute Gasteiger partial charge is 0.325 e. The molecule has 2 aromatic heterocycles. The number of urea groups is 1. The Kier molecular flexibility index (Phi) is 3.70. The molecule has 6 nitrogen and oxygen atoms in total. The molecule has 0 unspecified atom stereocenters. The third kappa shape index (κ3) is 2.99. The summed E-state index contributed by atoms with van der Waals surface area (Å²) in [6.45, 7) is 4.68. The Bertz CT molecular complexity index is 774. The van der Waals surface area contributed by atoms with E-state index in [1.807, 2.05) is 33.0 Å². The van der Waals surface area contributed by atoms with Crippen LogP contribution in [0.5, 0.6) is 0 Å². The zero-order valence-electron chi connectivity index (χ0n) is 13.3. The maximum Gasteiger partial charge on any atom is 0.325 e. The molecular weight excluding hydrogens is 290 g/mol. The average molecular weight is 307 g/mol. The molecule has 0 spiro atoms. The number of nitrogens with zero attached hydrogens (tertiary/aromatic N) is 5. The van der Waals surface area contributed by atoms with E-state index in [0.29, 0.717) is 12.4 Å². The monoisotopic (exact) mass is 307 g/mol. The van der Waals surface area contributed by atoms with Crippen molar-refractivity contribution < 1.29 is 4.79 Å². The molecule has 1 aliphatic heterocycles. The molecule has 23 heavy (non-hydrogen) atoms. The maximum absolute atomic E-state index is 12.3. The van der Waals surface area contributed by atoms with Gasteiger partial charge < -0.3 is 4.90 Å². The summed E-state index contributed by atoms with van der Waals surface area (Å²) >= 11 is 0. The van der Waals surface area contributed by atoms with Crippen molar-refractivity contribution in [2.45, 2.75) is 19.4 Å². The molecule has 0 radical (unpaired) electrons. The fraction of sp³-hybridized carbons (Fsp3) is 0.294. The van der Waals surface area contributed by atoms with Crippen molar-refractivity contribution in [2.75, 3.05) is 18.5 Å². The first-order valence-electron chi connectivity index (χ1n) is 7.26. The number of amides is 2. The zero-order chi connectivity index (χ0) is 16.4. The summed E-state index contributed by atoms with van der Waals surface area (Å²) in [6.07, 6.45) is 6.45. The lowest BCUT2D eigenvalue weighted by molar-refractivity contribution is 0.198. The van der Waals surface area contributed by atoms with Gasteiger partial charge in [-0.3, -0.25) is 4.90 Å². The van der Waals surface area contributed by atoms with Gasteiger partial charge in [-0.2, -0.15) is 0 Å². The first-order valence-corrected chi connectivity index (χ1v) is 7.26. The van der Waals surface area contributed by atoms with Crippen molar-refractivity contribution >= 4 is 11.8 Å². The Balaban J connectivity index is 1.79. The lowest BCUT2D eigenvalue weighted by atomic mass is 10.1. The van der Waals surface area contributed by atoms with Crippen molar-refractivity contribution in [3.63, 3.8) is 0 Å². The summed E-state index contributed by atoms with van der Waals surface area (Å²) in [5.74, 6) is 6.62. The van der Waals surface area contributed by atoms with Gasteiger partial charge in [-0.1, -0.05) is 11.8 Å². The predicted octanol–water partition coefficient (Wildman–Crippen LogP) is 1.92. The highest BCUT2D eigenvalue weighted by Crippen LogP contribution is 2.27. The van der Waals surface area contributed by atoms with Crippen LogP contribution in [0, 0.1) is 11.8 Å². The van der Waals surface area contributed by atoms with E-state index in [-0.39, 0.29) is 11.6 Å². The van der Waals surface area contributed by atoms with Crippen LogP contribution in [0.4, 0.5) is 10.6 Å². The van der Waals surface area contributed by atoms with E-state index in [1.165, 1.54) is 6.33 Å². The number of hydrogen-bond donors (Lipinski definition) is 0. The molecule has 0 aromatic carbocycles. The molecule has 0 aliphatic carbocycles. The Morgan fingerprint density at radius 3 is 2.35 bits per heavy atom. The molecular formula is C17H17N5O. The van der Waals surface area contributed by atoms with Crippen LogP contribution in [-0.2, 0) is 0 Å². The lowest BCUT2D eigenvalue weighted by Gasteiger charge is -2.24. The van der Waals surface area contributed by atoms with Gasteiger partial charge in [-0.25, -0.2) is 19.7 Å². The van der Waals surface area contributed by atoms with Crippen LogP contribution in [0.1, 0.15) is 25.0 Å². The molecule has 0 bridgehead atoms. The first-order chi connectivity index (χ1) is 11.0. The molecule has 6 heteroatoms. The molecule has 2 aromatic rings. The summed E-state index contributed by atoms with van der Waals surface area (Å²) in [4.78, 5) is 27.9. The number of pyridine rings is 1. The van der Waals surface area contributed by atoms with Gasteiger partial charge in [0, 0.05) is 31.2 Å². The Morgan fingerprint density at radius 1 is 1.09 bits per heavy atom. The highest BCUT2D eigenvalue weighted by Gasteiger charge is 2.41. The number of carbonyl (C=O) groups is 1. The number of likely N-dealkylation sites (N-methyl/N-ethyl adjacent to an activating group) is 1. The van der Waals surface area contributed by atoms with Gasteiger partial charge in [0.1, 0.15) is 12.1 Å². The molecule has 1 aliphatic rings. The highest BCUT2D eigenvalue weighted by molar-refractivity contribution is 5.94. The molecule has 0 saturated carbocycles. The number of carbonyl (C=O) groups excluding carboxylic acids is 1. The van der Waals surface area contributed by atoms with E-state index in [9.17, 15) is 4.79 Å². The number of aromatic nitrogens is 3. The first kappa shape index (κ1) is 15.0. The fourth-order valence-corrected chi connectivity index (χ4v) is 2.31. The second-order valence-electron chi connectivity index (χ2n) is 6.02. The molecule has 3 rings (SSSR count). The van der Waals surface area contributed by atoms with E-state index in [2.05, 4.69) is 26.8 Å². The van der Waals surface area contributed by atoms with Gasteiger partial charge in [0.2, 0.25) is 0 Å². The van der Waals surface area contributed by atoms with Crippen LogP contribution >= 0.6 is 0 Å². The van der Waals surface area contributed by atoms with Gasteiger partial charge in [0.05, 0.1) is 17.6 Å². The number of anilines is 1. The normalized spacial score (nSPS) is 16.2. The van der Waals surface area contributed by atoms with E-state index in [4.69, 9.17) is 0 Å². The Morgan fingerprint density at radius 2 is 1.78 bits per heavy atom. The number of rotatable bonds is 1. The van der Waals surface area contributed by atoms with Crippen molar-refractivity contribution in [1.29, 1.82) is 0 Å². The smallest absolute Gasteiger partial charge is 0.320 e. The molecule has 0 atom stereocenters. The lowest BCUT2D eigenvalue weighted by Crippen LogP contribution is -2.38. The van der Waals surface area contributed by atoms with Gasteiger partial charge in [0.15, 0.2) is 0 Å². The minimum absolute atomic E-state index is 0.0391. The topological polar surface area (TPSA) is 62.2 Å². The van der Waals surface area contributed by atoms with Crippen LogP contribution in [0.3, 0.4) is 0 Å². The summed E-state index contributed by atoms with van der Waals surface area (Å²) in [7, 11) is 1.81. The molecule has 1 fully saturated rings. The van der Waals surface area contributed by atoms with Crippen molar-refractivity contribution in [3.05, 3.63) is 48.2 Å². The van der Waals surface area contributed by atoms with Crippen LogP contribution in [0.2, 0.25) is 0 Å². The van der Waals surface area contributed by atoms with E-state index < -0.39 is 0 Å². The summed E-state index contributed by atoms with van der Waals surface area (Å²) < 4.78 is 0. The van der Waals surface area contributed by atoms with Crippen LogP contribution in [-0.4, -0.2) is 45.0 Å². The van der Waals surface area contributed by atoms with E-state index in [0.717, 1.165) is 11.1 Å². The van der Waals surface area contributed by atoms with Crippen LogP contribution < -0.4 is 4.90 Å². The molecule has 2 amide bonds. The standard InChI is InChI=1S/C17H17N5O/c1-17(2)11-22(16(23)21(17)3)15-7-6-13(10-20-15)4-5-14-8-18-12-19-9-14/h6-10,12H,11H2,1-3H3. The summed E-state index contributed by atoms with van der Waals surface area (Å²) in [5, 5.41) is 0. The predicted molar refractivity (Wildman–Crippen MR) is 86.8 cm³/mol. The summed E-state index contributed by atoms with van der Waals surface area (Å²) in [5.41, 5.74) is 1.32. The minimum atomic E-state index is -0.204. The van der Waals surface area contributed by atoms with Crippen molar-refractivity contribution in [1.82, 2.24) is 19.9 Å². The number of hydrogen-bond acceptors (Lipinski definition) is 4. The van der Waals surface area contributed by atoms with Crippen molar-refractivity contribution in [2.24, 2.45) is 0 Å². The van der Waals surface area contributed by atoms with E-state index >= 15 is 0 Å². The minimum Gasteiger partial charge on any atom is -0.320 e. The fourth-order valence-electron chi connectivity index (χ4n) is 2.31. The Labute approximate surface area is 135 Å². The second kappa shape index (κ2) is 5.69. The SMILES string of the molecule is CN1C(=O)N(c2ccc(C#Cc3cncnc3)cn2)CC1(C)C. The molecule has 3 heterocycles. The van der Waals surface area contributed by atoms with Gasteiger partial charge in [-0.15, -0.1) is 0 Å². The van der Waals surface area contributed by atoms with Gasteiger partial charge in [-0.05, 0) is 26.0 Å². The highest BCUT2D eigenvalue weighted by atomic mass is 16.2. The third-order valence-corrected chi connectivity index (χ3v) is 3.91. The van der Waals surface area contributed by atoms with Crippen molar-refractivity contribution in [3.8, 4) is 11.8 Å².